The first-order chi connectivity index (χ1) is 12.6. The molecule has 1 aromatic heterocycles. The Hall–Kier alpha value is -2.04. The quantitative estimate of drug-likeness (QED) is 0.583. The Kier molecular flexibility index (Phi) is 6.17. The summed E-state index contributed by atoms with van der Waals surface area (Å²) in [4.78, 5) is 4.64. The van der Waals surface area contributed by atoms with Crippen molar-refractivity contribution < 1.29 is 9.84 Å². The Morgan fingerprint density at radius 2 is 1.85 bits per heavy atom. The zero-order chi connectivity index (χ0) is 18.5. The summed E-state index contributed by atoms with van der Waals surface area (Å²) >= 11 is 6.20. The van der Waals surface area contributed by atoms with E-state index < -0.39 is 0 Å². The number of rotatable bonds is 8. The minimum Gasteiger partial charge on any atom is -0.494 e. The van der Waals surface area contributed by atoms with Crippen LogP contribution >= 0.6 is 11.6 Å². The molecule has 26 heavy (non-hydrogen) atoms. The van der Waals surface area contributed by atoms with Gasteiger partial charge in [0.25, 0.3) is 0 Å². The van der Waals surface area contributed by atoms with Gasteiger partial charge in [0.05, 0.1) is 24.2 Å². The lowest BCUT2D eigenvalue weighted by Gasteiger charge is -2.11. The van der Waals surface area contributed by atoms with Crippen LogP contribution in [0.4, 0.5) is 0 Å². The lowest BCUT2D eigenvalue weighted by atomic mass is 10.1. The molecule has 4 nitrogen and oxygen atoms in total. The Morgan fingerprint density at radius 3 is 2.58 bits per heavy atom. The summed E-state index contributed by atoms with van der Waals surface area (Å²) in [7, 11) is 0. The molecule has 0 atom stereocenters. The summed E-state index contributed by atoms with van der Waals surface area (Å²) in [5, 5.41) is 10.1. The van der Waals surface area contributed by atoms with E-state index in [1.165, 1.54) is 0 Å². The van der Waals surface area contributed by atoms with Crippen LogP contribution in [0.3, 0.4) is 0 Å². The predicted molar refractivity (Wildman–Crippen MR) is 106 cm³/mol. The first-order valence-electron chi connectivity index (χ1n) is 9.04. The van der Waals surface area contributed by atoms with Crippen LogP contribution < -0.4 is 4.74 Å². The molecule has 0 aliphatic heterocycles. The minimum absolute atomic E-state index is 0.113. The lowest BCUT2D eigenvalue weighted by molar-refractivity contribution is 0.292. The molecule has 1 N–H and O–H groups in total. The number of fused-ring (bicyclic) bond motifs is 1. The molecule has 0 unspecified atom stereocenters. The molecule has 0 amide bonds. The molecule has 1 heterocycles. The number of para-hydroxylation sites is 2. The molecule has 2 aromatic carbocycles. The second-order valence-electron chi connectivity index (χ2n) is 6.57. The van der Waals surface area contributed by atoms with Crippen molar-refractivity contribution in [1.29, 1.82) is 0 Å². The van der Waals surface area contributed by atoms with Crippen LogP contribution in [0.15, 0.2) is 36.4 Å². The number of unbranched alkanes of at least 4 members (excludes halogenated alkanes) is 1. The van der Waals surface area contributed by atoms with E-state index in [1.54, 1.807) is 0 Å². The summed E-state index contributed by atoms with van der Waals surface area (Å²) in [5.41, 5.74) is 4.19. The average molecular weight is 373 g/mol. The molecule has 0 fully saturated rings. The molecule has 5 heteroatoms. The number of aryl methyl sites for hydroxylation is 3. The number of aromatic nitrogens is 2. The van der Waals surface area contributed by atoms with Gasteiger partial charge in [-0.1, -0.05) is 23.7 Å². The molecule has 0 aliphatic carbocycles. The third kappa shape index (κ3) is 4.19. The number of nitrogens with zero attached hydrogens (tertiary/aromatic N) is 2. The highest BCUT2D eigenvalue weighted by Gasteiger charge is 2.09. The van der Waals surface area contributed by atoms with Crippen LogP contribution in [-0.2, 0) is 13.0 Å². The second kappa shape index (κ2) is 8.56. The van der Waals surface area contributed by atoms with E-state index >= 15 is 0 Å². The zero-order valence-corrected chi connectivity index (χ0v) is 16.1. The highest BCUT2D eigenvalue weighted by Crippen LogP contribution is 2.26. The Labute approximate surface area is 159 Å². The van der Waals surface area contributed by atoms with Gasteiger partial charge in [0.1, 0.15) is 11.6 Å². The maximum absolute atomic E-state index is 9.29. The van der Waals surface area contributed by atoms with E-state index in [2.05, 4.69) is 15.6 Å². The van der Waals surface area contributed by atoms with Crippen molar-refractivity contribution in [1.82, 2.24) is 9.55 Å². The minimum atomic E-state index is 0.113. The Bertz CT molecular complexity index is 866. The van der Waals surface area contributed by atoms with E-state index in [0.29, 0.717) is 13.0 Å². The summed E-state index contributed by atoms with van der Waals surface area (Å²) < 4.78 is 8.09. The first kappa shape index (κ1) is 18.7. The van der Waals surface area contributed by atoms with Crippen LogP contribution in [0, 0.1) is 13.8 Å². The van der Waals surface area contributed by atoms with Gasteiger partial charge in [0.15, 0.2) is 0 Å². The number of hydrogen-bond acceptors (Lipinski definition) is 3. The normalized spacial score (nSPS) is 11.2. The maximum atomic E-state index is 9.29. The van der Waals surface area contributed by atoms with Crippen molar-refractivity contribution in [2.24, 2.45) is 0 Å². The number of aliphatic hydroxyl groups excluding tert-OH is 1. The topological polar surface area (TPSA) is 47.3 Å². The van der Waals surface area contributed by atoms with Crippen LogP contribution in [0.1, 0.15) is 29.8 Å². The van der Waals surface area contributed by atoms with Crippen LogP contribution in [0.5, 0.6) is 5.75 Å². The highest BCUT2D eigenvalue weighted by molar-refractivity contribution is 6.32. The molecule has 138 valence electrons. The third-order valence-electron chi connectivity index (χ3n) is 4.52. The number of halogens is 1. The monoisotopic (exact) mass is 372 g/mol. The molecule has 3 aromatic rings. The summed E-state index contributed by atoms with van der Waals surface area (Å²) in [5.74, 6) is 1.82. The molecule has 0 saturated heterocycles. The second-order valence-corrected chi connectivity index (χ2v) is 6.95. The average Bonchev–Trinajstić information content (AvgIpc) is 2.97. The Morgan fingerprint density at radius 1 is 1.12 bits per heavy atom. The van der Waals surface area contributed by atoms with Gasteiger partial charge in [-0.15, -0.1) is 0 Å². The van der Waals surface area contributed by atoms with Gasteiger partial charge in [-0.2, -0.15) is 0 Å². The van der Waals surface area contributed by atoms with Crippen LogP contribution in [-0.4, -0.2) is 27.9 Å². The number of hydrogen-bond donors (Lipinski definition) is 1. The Balaban J connectivity index is 1.57. The van der Waals surface area contributed by atoms with Crippen molar-refractivity contribution in [2.75, 3.05) is 13.2 Å². The number of benzene rings is 2. The van der Waals surface area contributed by atoms with Gasteiger partial charge >= 0.3 is 0 Å². The lowest BCUT2D eigenvalue weighted by Crippen LogP contribution is -2.07. The summed E-state index contributed by atoms with van der Waals surface area (Å²) in [6.45, 7) is 5.64. The molecule has 0 radical (unpaired) electrons. The van der Waals surface area contributed by atoms with E-state index in [0.717, 1.165) is 58.1 Å². The summed E-state index contributed by atoms with van der Waals surface area (Å²) in [6, 6.07) is 12.1. The molecule has 0 saturated carbocycles. The van der Waals surface area contributed by atoms with Gasteiger partial charge in [0.2, 0.25) is 0 Å². The summed E-state index contributed by atoms with van der Waals surface area (Å²) in [6.07, 6.45) is 2.52. The molecular formula is C21H25ClN2O2. The number of ether oxygens (including phenoxy) is 1. The van der Waals surface area contributed by atoms with E-state index in [4.69, 9.17) is 16.3 Å². The fourth-order valence-corrected chi connectivity index (χ4v) is 3.33. The maximum Gasteiger partial charge on any atom is 0.119 e. The van der Waals surface area contributed by atoms with Crippen molar-refractivity contribution in [3.05, 3.63) is 58.4 Å². The number of aliphatic hydroxyl groups is 1. The largest absolute Gasteiger partial charge is 0.494 e. The predicted octanol–water partition coefficient (Wildman–Crippen LogP) is 4.70. The zero-order valence-electron chi connectivity index (χ0n) is 15.3. The van der Waals surface area contributed by atoms with E-state index in [-0.39, 0.29) is 6.61 Å². The molecule has 3 rings (SSSR count). The molecule has 0 bridgehead atoms. The van der Waals surface area contributed by atoms with Gasteiger partial charge in [0, 0.05) is 18.0 Å². The van der Waals surface area contributed by atoms with Gasteiger partial charge < -0.3 is 14.4 Å². The smallest absolute Gasteiger partial charge is 0.119 e. The van der Waals surface area contributed by atoms with Gasteiger partial charge in [-0.25, -0.2) is 4.98 Å². The molecule has 0 aliphatic rings. The number of imidazole rings is 1. The van der Waals surface area contributed by atoms with Crippen molar-refractivity contribution >= 4 is 22.6 Å². The fraction of sp³-hybridized carbons (Fsp3) is 0.381. The van der Waals surface area contributed by atoms with E-state index in [9.17, 15) is 5.11 Å². The SMILES string of the molecule is Cc1cc(OCCCCn2c(CCO)nc3ccccc32)cc(C)c1Cl. The van der Waals surface area contributed by atoms with Gasteiger partial charge in [-0.3, -0.25) is 0 Å². The molecule has 0 spiro atoms. The van der Waals surface area contributed by atoms with Gasteiger partial charge in [-0.05, 0) is 62.1 Å². The van der Waals surface area contributed by atoms with Crippen molar-refractivity contribution in [3.63, 3.8) is 0 Å². The van der Waals surface area contributed by atoms with Crippen molar-refractivity contribution in [3.8, 4) is 5.75 Å². The standard InChI is InChI=1S/C21H25ClN2O2/c1-15-13-17(14-16(2)21(15)22)26-12-6-5-10-24-19-8-4-3-7-18(19)23-20(24)9-11-25/h3-4,7-8,13-14,25H,5-6,9-12H2,1-2H3. The van der Waals surface area contributed by atoms with Crippen molar-refractivity contribution in [2.45, 2.75) is 39.7 Å². The van der Waals surface area contributed by atoms with Crippen LogP contribution in [0.25, 0.3) is 11.0 Å². The van der Waals surface area contributed by atoms with E-state index in [1.807, 2.05) is 44.2 Å². The third-order valence-corrected chi connectivity index (χ3v) is 5.12. The highest BCUT2D eigenvalue weighted by atomic mass is 35.5. The van der Waals surface area contributed by atoms with Crippen LogP contribution in [0.2, 0.25) is 5.02 Å². The molecular weight excluding hydrogens is 348 g/mol. The first-order valence-corrected chi connectivity index (χ1v) is 9.42. The fourth-order valence-electron chi connectivity index (χ4n) is 3.22.